The minimum atomic E-state index is -0.485. The fourth-order valence-electron chi connectivity index (χ4n) is 1.13. The fraction of sp³-hybridized carbons (Fsp3) is 0.300. The maximum absolute atomic E-state index is 13.2. The molecule has 1 aromatic carbocycles. The van der Waals surface area contributed by atoms with Crippen molar-refractivity contribution in [3.8, 4) is 0 Å². The Morgan fingerprint density at radius 2 is 2.20 bits per heavy atom. The molecule has 0 fully saturated rings. The zero-order valence-electron chi connectivity index (χ0n) is 8.59. The summed E-state index contributed by atoms with van der Waals surface area (Å²) in [5.41, 5.74) is 2.88. The molecule has 0 spiro atoms. The Morgan fingerprint density at radius 1 is 1.53 bits per heavy atom. The van der Waals surface area contributed by atoms with E-state index in [1.165, 1.54) is 6.07 Å². The molecule has 0 saturated carbocycles. The number of nitrogens with two attached hydrogens (primary N) is 1. The Kier molecular flexibility index (Phi) is 4.05. The Hall–Kier alpha value is -1.13. The predicted molar refractivity (Wildman–Crippen MR) is 60.4 cm³/mol. The van der Waals surface area contributed by atoms with Crippen LogP contribution in [0.3, 0.4) is 0 Å². The quantitative estimate of drug-likeness (QED) is 0.353. The minimum absolute atomic E-state index is 0.0230. The summed E-state index contributed by atoms with van der Waals surface area (Å²) < 4.78 is 13.2. The Morgan fingerprint density at radius 3 is 2.73 bits per heavy atom. The molecular formula is C10H13ClFN3. The van der Waals surface area contributed by atoms with Crippen molar-refractivity contribution < 1.29 is 4.39 Å². The highest BCUT2D eigenvalue weighted by atomic mass is 35.5. The van der Waals surface area contributed by atoms with Gasteiger partial charge in [-0.05, 0) is 26.0 Å². The maximum atomic E-state index is 13.2. The lowest BCUT2D eigenvalue weighted by Gasteiger charge is -2.09. The summed E-state index contributed by atoms with van der Waals surface area (Å²) in [5.74, 6) is 5.21. The molecule has 0 aliphatic rings. The van der Waals surface area contributed by atoms with Gasteiger partial charge in [-0.15, -0.1) is 0 Å². The fourth-order valence-corrected chi connectivity index (χ4v) is 1.34. The average molecular weight is 230 g/mol. The second-order valence-electron chi connectivity index (χ2n) is 3.32. The molecule has 0 aliphatic carbocycles. The van der Waals surface area contributed by atoms with Crippen molar-refractivity contribution in [2.75, 3.05) is 0 Å². The molecule has 0 bridgehead atoms. The molecule has 0 heterocycles. The lowest BCUT2D eigenvalue weighted by atomic mass is 10.2. The summed E-state index contributed by atoms with van der Waals surface area (Å²) in [4.78, 5) is 4.20. The highest BCUT2D eigenvalue weighted by Crippen LogP contribution is 2.19. The van der Waals surface area contributed by atoms with Crippen LogP contribution in [0, 0.1) is 5.82 Å². The number of hydrogen-bond acceptors (Lipinski definition) is 2. The number of nitrogens with zero attached hydrogens (tertiary/aromatic N) is 1. The zero-order valence-corrected chi connectivity index (χ0v) is 9.35. The number of benzene rings is 1. The van der Waals surface area contributed by atoms with E-state index in [-0.39, 0.29) is 11.1 Å². The van der Waals surface area contributed by atoms with Gasteiger partial charge in [0.1, 0.15) is 11.7 Å². The first-order valence-electron chi connectivity index (χ1n) is 4.55. The van der Waals surface area contributed by atoms with E-state index < -0.39 is 5.82 Å². The van der Waals surface area contributed by atoms with E-state index in [9.17, 15) is 4.39 Å². The van der Waals surface area contributed by atoms with Crippen LogP contribution in [-0.4, -0.2) is 11.9 Å². The monoisotopic (exact) mass is 229 g/mol. The number of hydrogen-bond donors (Lipinski definition) is 2. The largest absolute Gasteiger partial charge is 0.308 e. The molecule has 0 aromatic heterocycles. The van der Waals surface area contributed by atoms with Gasteiger partial charge in [-0.2, -0.15) is 0 Å². The van der Waals surface area contributed by atoms with Crippen LogP contribution in [0.1, 0.15) is 19.4 Å². The molecule has 3 N–H and O–H groups in total. The number of halogens is 2. The molecule has 3 nitrogen and oxygen atoms in total. The van der Waals surface area contributed by atoms with E-state index in [0.29, 0.717) is 11.4 Å². The van der Waals surface area contributed by atoms with Crippen molar-refractivity contribution in [2.24, 2.45) is 10.8 Å². The van der Waals surface area contributed by atoms with Crippen LogP contribution < -0.4 is 11.3 Å². The number of hydrazine groups is 1. The summed E-state index contributed by atoms with van der Waals surface area (Å²) in [6.07, 6.45) is 0. The van der Waals surface area contributed by atoms with Crippen molar-refractivity contribution in [3.05, 3.63) is 34.6 Å². The lowest BCUT2D eigenvalue weighted by molar-refractivity contribution is 0.627. The van der Waals surface area contributed by atoms with Crippen molar-refractivity contribution in [1.29, 1.82) is 0 Å². The molecular weight excluding hydrogens is 217 g/mol. The molecule has 0 atom stereocenters. The van der Waals surface area contributed by atoms with Gasteiger partial charge in [0.05, 0.1) is 5.02 Å². The third-order valence-electron chi connectivity index (χ3n) is 1.73. The topological polar surface area (TPSA) is 50.4 Å². The van der Waals surface area contributed by atoms with Crippen LogP contribution in [0.2, 0.25) is 5.02 Å². The highest BCUT2D eigenvalue weighted by molar-refractivity contribution is 6.34. The van der Waals surface area contributed by atoms with Crippen LogP contribution in [0.15, 0.2) is 23.2 Å². The van der Waals surface area contributed by atoms with Crippen LogP contribution in [-0.2, 0) is 0 Å². The molecule has 82 valence electrons. The molecule has 0 radical (unpaired) electrons. The van der Waals surface area contributed by atoms with Crippen molar-refractivity contribution in [1.82, 2.24) is 5.43 Å². The summed E-state index contributed by atoms with van der Waals surface area (Å²) in [5, 5.41) is 0.0230. The second kappa shape index (κ2) is 5.09. The van der Waals surface area contributed by atoms with Gasteiger partial charge in [0, 0.05) is 11.6 Å². The van der Waals surface area contributed by atoms with Gasteiger partial charge in [0.25, 0.3) is 0 Å². The van der Waals surface area contributed by atoms with Gasteiger partial charge in [-0.3, -0.25) is 4.99 Å². The number of aliphatic imine (C=N–C) groups is 1. The molecule has 1 rings (SSSR count). The third-order valence-corrected chi connectivity index (χ3v) is 2.11. The highest BCUT2D eigenvalue weighted by Gasteiger charge is 2.10. The van der Waals surface area contributed by atoms with Crippen LogP contribution in [0.4, 0.5) is 4.39 Å². The van der Waals surface area contributed by atoms with Gasteiger partial charge in [-0.1, -0.05) is 17.7 Å². The van der Waals surface area contributed by atoms with Gasteiger partial charge >= 0.3 is 0 Å². The smallest absolute Gasteiger partial charge is 0.144 e. The van der Waals surface area contributed by atoms with Crippen LogP contribution in [0.5, 0.6) is 0 Å². The first kappa shape index (κ1) is 11.9. The van der Waals surface area contributed by atoms with Crippen LogP contribution >= 0.6 is 11.6 Å². The summed E-state index contributed by atoms with van der Waals surface area (Å²) in [6.45, 7) is 3.79. The lowest BCUT2D eigenvalue weighted by Crippen LogP contribution is -2.32. The second-order valence-corrected chi connectivity index (χ2v) is 3.70. The molecule has 1 aromatic rings. The van der Waals surface area contributed by atoms with E-state index in [0.717, 1.165) is 0 Å². The molecule has 5 heteroatoms. The van der Waals surface area contributed by atoms with E-state index >= 15 is 0 Å². The first-order valence-corrected chi connectivity index (χ1v) is 4.93. The normalized spacial score (nSPS) is 12.0. The van der Waals surface area contributed by atoms with Crippen molar-refractivity contribution in [2.45, 2.75) is 19.9 Å². The Labute approximate surface area is 93.1 Å². The van der Waals surface area contributed by atoms with Crippen molar-refractivity contribution in [3.63, 3.8) is 0 Å². The standard InChI is InChI=1S/C10H13ClFN3/c1-6(2)14-10(15-13)7-4-3-5-8(12)9(7)11/h3-6H,13H2,1-2H3,(H,14,15). The summed E-state index contributed by atoms with van der Waals surface area (Å²) in [7, 11) is 0. The minimum Gasteiger partial charge on any atom is -0.308 e. The Balaban J connectivity index is 3.19. The van der Waals surface area contributed by atoms with E-state index in [1.54, 1.807) is 12.1 Å². The predicted octanol–water partition coefficient (Wildman–Crippen LogP) is 2.10. The molecule has 0 unspecified atom stereocenters. The van der Waals surface area contributed by atoms with Gasteiger partial charge in [0.2, 0.25) is 0 Å². The summed E-state index contributed by atoms with van der Waals surface area (Å²) >= 11 is 5.80. The molecule has 15 heavy (non-hydrogen) atoms. The van der Waals surface area contributed by atoms with Gasteiger partial charge in [-0.25, -0.2) is 10.2 Å². The molecule has 0 amide bonds. The summed E-state index contributed by atoms with van der Waals surface area (Å²) in [6, 6.07) is 4.56. The van der Waals surface area contributed by atoms with Crippen molar-refractivity contribution >= 4 is 17.4 Å². The number of amidine groups is 1. The Bertz CT molecular complexity index is 377. The molecule has 0 aliphatic heterocycles. The third kappa shape index (κ3) is 2.91. The van der Waals surface area contributed by atoms with E-state index in [2.05, 4.69) is 10.4 Å². The number of nitrogens with one attached hydrogen (secondary N) is 1. The first-order chi connectivity index (χ1) is 7.06. The molecule has 0 saturated heterocycles. The van der Waals surface area contributed by atoms with E-state index in [4.69, 9.17) is 17.4 Å². The zero-order chi connectivity index (χ0) is 11.4. The van der Waals surface area contributed by atoms with E-state index in [1.807, 2.05) is 13.8 Å². The average Bonchev–Trinajstić information content (AvgIpc) is 2.19. The van der Waals surface area contributed by atoms with Gasteiger partial charge in [0.15, 0.2) is 0 Å². The van der Waals surface area contributed by atoms with Crippen LogP contribution in [0.25, 0.3) is 0 Å². The maximum Gasteiger partial charge on any atom is 0.144 e. The van der Waals surface area contributed by atoms with Gasteiger partial charge < -0.3 is 5.43 Å². The SMILES string of the molecule is CC(C)N=C(NN)c1cccc(F)c1Cl. The number of rotatable bonds is 2.